The number of nitrogens with two attached hydrogens (primary N) is 1. The average molecular weight is 266 g/mol. The molecular formula is C11H12BrN3. The maximum atomic E-state index is 5.95. The lowest BCUT2D eigenvalue weighted by molar-refractivity contribution is 1.21. The van der Waals surface area contributed by atoms with Crippen LogP contribution in [0.15, 0.2) is 41.1 Å². The fourth-order valence-corrected chi connectivity index (χ4v) is 1.87. The summed E-state index contributed by atoms with van der Waals surface area (Å²) in [7, 11) is 1.99. The number of halogens is 1. The number of nitrogen functional groups attached to an aromatic ring is 1. The molecule has 2 rings (SSSR count). The molecule has 78 valence electrons. The minimum absolute atomic E-state index is 0.757. The molecule has 0 spiro atoms. The zero-order valence-electron chi connectivity index (χ0n) is 8.37. The summed E-state index contributed by atoms with van der Waals surface area (Å²) in [6.45, 7) is 0. The van der Waals surface area contributed by atoms with E-state index in [0.717, 1.165) is 21.5 Å². The van der Waals surface area contributed by atoms with Crippen LogP contribution in [-0.4, -0.2) is 12.0 Å². The molecular weight excluding hydrogens is 254 g/mol. The second kappa shape index (κ2) is 3.98. The molecule has 0 aliphatic rings. The Hall–Kier alpha value is -1.42. The summed E-state index contributed by atoms with van der Waals surface area (Å²) >= 11 is 3.39. The number of aromatic nitrogens is 1. The van der Waals surface area contributed by atoms with E-state index < -0.39 is 0 Å². The van der Waals surface area contributed by atoms with Gasteiger partial charge in [0.05, 0.1) is 17.1 Å². The highest BCUT2D eigenvalue weighted by molar-refractivity contribution is 9.10. The van der Waals surface area contributed by atoms with Crippen LogP contribution in [0.2, 0.25) is 0 Å². The van der Waals surface area contributed by atoms with E-state index in [1.165, 1.54) is 0 Å². The fraction of sp³-hybridized carbons (Fsp3) is 0.0909. The summed E-state index contributed by atoms with van der Waals surface area (Å²) in [5, 5.41) is 0. The molecule has 0 unspecified atom stereocenters. The highest BCUT2D eigenvalue weighted by Gasteiger charge is 2.07. The van der Waals surface area contributed by atoms with Gasteiger partial charge in [-0.25, -0.2) is 0 Å². The van der Waals surface area contributed by atoms with Gasteiger partial charge in [-0.1, -0.05) is 15.9 Å². The minimum atomic E-state index is 0.757. The molecule has 0 saturated carbocycles. The van der Waals surface area contributed by atoms with Gasteiger partial charge in [-0.05, 0) is 24.3 Å². The maximum absolute atomic E-state index is 5.95. The SMILES string of the molecule is CN(c1cc[nH]c1)c1ccc(Br)cc1N. The topological polar surface area (TPSA) is 45.0 Å². The van der Waals surface area contributed by atoms with E-state index in [4.69, 9.17) is 5.73 Å². The molecule has 1 aromatic heterocycles. The molecule has 0 bridgehead atoms. The van der Waals surface area contributed by atoms with Gasteiger partial charge in [-0.15, -0.1) is 0 Å². The first-order chi connectivity index (χ1) is 7.18. The van der Waals surface area contributed by atoms with Crippen molar-refractivity contribution in [2.24, 2.45) is 0 Å². The summed E-state index contributed by atoms with van der Waals surface area (Å²) < 4.78 is 0.992. The minimum Gasteiger partial charge on any atom is -0.397 e. The number of benzene rings is 1. The molecule has 0 radical (unpaired) electrons. The first kappa shape index (κ1) is 10.1. The molecule has 3 N–H and O–H groups in total. The van der Waals surface area contributed by atoms with E-state index in [9.17, 15) is 0 Å². The van der Waals surface area contributed by atoms with E-state index in [0.29, 0.717) is 0 Å². The third kappa shape index (κ3) is 1.99. The summed E-state index contributed by atoms with van der Waals surface area (Å²) in [5.41, 5.74) is 8.79. The van der Waals surface area contributed by atoms with Crippen molar-refractivity contribution in [2.45, 2.75) is 0 Å². The lowest BCUT2D eigenvalue weighted by atomic mass is 10.2. The first-order valence-corrected chi connectivity index (χ1v) is 5.39. The fourth-order valence-electron chi connectivity index (χ4n) is 1.49. The predicted molar refractivity (Wildman–Crippen MR) is 67.4 cm³/mol. The maximum Gasteiger partial charge on any atom is 0.0642 e. The standard InChI is InChI=1S/C11H12BrN3/c1-15(9-4-5-14-7-9)11-3-2-8(12)6-10(11)13/h2-7,14H,13H2,1H3. The van der Waals surface area contributed by atoms with Gasteiger partial charge in [-0.3, -0.25) is 0 Å². The highest BCUT2D eigenvalue weighted by Crippen LogP contribution is 2.30. The van der Waals surface area contributed by atoms with Gasteiger partial charge in [0, 0.05) is 23.9 Å². The van der Waals surface area contributed by atoms with Crippen LogP contribution in [0.1, 0.15) is 0 Å². The molecule has 4 heteroatoms. The molecule has 0 aliphatic carbocycles. The quantitative estimate of drug-likeness (QED) is 0.820. The van der Waals surface area contributed by atoms with Crippen molar-refractivity contribution in [3.8, 4) is 0 Å². The summed E-state index contributed by atoms with van der Waals surface area (Å²) in [6.07, 6.45) is 3.82. The van der Waals surface area contributed by atoms with Crippen LogP contribution in [0.3, 0.4) is 0 Å². The molecule has 2 aromatic rings. The molecule has 0 aliphatic heterocycles. The van der Waals surface area contributed by atoms with Gasteiger partial charge in [-0.2, -0.15) is 0 Å². The van der Waals surface area contributed by atoms with Crippen LogP contribution < -0.4 is 10.6 Å². The molecule has 0 fully saturated rings. The van der Waals surface area contributed by atoms with Crippen LogP contribution in [-0.2, 0) is 0 Å². The first-order valence-electron chi connectivity index (χ1n) is 4.60. The Labute approximate surface area is 97.0 Å². The van der Waals surface area contributed by atoms with Crippen molar-refractivity contribution < 1.29 is 0 Å². The van der Waals surface area contributed by atoms with Gasteiger partial charge < -0.3 is 15.6 Å². The Kier molecular flexibility index (Phi) is 2.68. The Morgan fingerprint density at radius 1 is 1.33 bits per heavy atom. The van der Waals surface area contributed by atoms with Crippen LogP contribution >= 0.6 is 15.9 Å². The average Bonchev–Trinajstić information content (AvgIpc) is 2.69. The van der Waals surface area contributed by atoms with Gasteiger partial charge in [0.1, 0.15) is 0 Å². The van der Waals surface area contributed by atoms with Crippen molar-refractivity contribution in [3.63, 3.8) is 0 Å². The number of hydrogen-bond acceptors (Lipinski definition) is 2. The van der Waals surface area contributed by atoms with E-state index >= 15 is 0 Å². The number of anilines is 3. The Morgan fingerprint density at radius 2 is 2.13 bits per heavy atom. The smallest absolute Gasteiger partial charge is 0.0642 e. The van der Waals surface area contributed by atoms with Gasteiger partial charge in [0.15, 0.2) is 0 Å². The monoisotopic (exact) mass is 265 g/mol. The lowest BCUT2D eigenvalue weighted by Crippen LogP contribution is -2.10. The molecule has 15 heavy (non-hydrogen) atoms. The number of rotatable bonds is 2. The molecule has 1 aromatic carbocycles. The van der Waals surface area contributed by atoms with Crippen molar-refractivity contribution in [2.75, 3.05) is 17.7 Å². The van der Waals surface area contributed by atoms with Crippen molar-refractivity contribution in [3.05, 3.63) is 41.1 Å². The number of hydrogen-bond donors (Lipinski definition) is 2. The third-order valence-electron chi connectivity index (χ3n) is 2.32. The number of nitrogens with one attached hydrogen (secondary N) is 1. The Bertz CT molecular complexity index is 451. The zero-order chi connectivity index (χ0) is 10.8. The number of aromatic amines is 1. The Balaban J connectivity index is 2.38. The van der Waals surface area contributed by atoms with E-state index in [-0.39, 0.29) is 0 Å². The summed E-state index contributed by atoms with van der Waals surface area (Å²) in [5.74, 6) is 0. The van der Waals surface area contributed by atoms with Crippen LogP contribution in [0.5, 0.6) is 0 Å². The second-order valence-electron chi connectivity index (χ2n) is 3.33. The zero-order valence-corrected chi connectivity index (χ0v) is 9.95. The highest BCUT2D eigenvalue weighted by atomic mass is 79.9. The molecule has 0 saturated heterocycles. The van der Waals surface area contributed by atoms with E-state index in [1.807, 2.05) is 48.6 Å². The molecule has 3 nitrogen and oxygen atoms in total. The van der Waals surface area contributed by atoms with Crippen LogP contribution in [0.4, 0.5) is 17.1 Å². The normalized spacial score (nSPS) is 10.3. The van der Waals surface area contributed by atoms with Crippen molar-refractivity contribution in [1.29, 1.82) is 0 Å². The molecule has 1 heterocycles. The number of H-pyrrole nitrogens is 1. The molecule has 0 atom stereocenters. The van der Waals surface area contributed by atoms with E-state index in [2.05, 4.69) is 20.9 Å². The lowest BCUT2D eigenvalue weighted by Gasteiger charge is -2.19. The van der Waals surface area contributed by atoms with Gasteiger partial charge >= 0.3 is 0 Å². The largest absolute Gasteiger partial charge is 0.397 e. The predicted octanol–water partition coefficient (Wildman–Crippen LogP) is 3.13. The van der Waals surface area contributed by atoms with E-state index in [1.54, 1.807) is 0 Å². The second-order valence-corrected chi connectivity index (χ2v) is 4.25. The van der Waals surface area contributed by atoms with Gasteiger partial charge in [0.2, 0.25) is 0 Å². The molecule has 0 amide bonds. The third-order valence-corrected chi connectivity index (χ3v) is 2.81. The van der Waals surface area contributed by atoms with Crippen molar-refractivity contribution >= 4 is 33.0 Å². The number of nitrogens with zero attached hydrogens (tertiary/aromatic N) is 1. The Morgan fingerprint density at radius 3 is 2.73 bits per heavy atom. The summed E-state index contributed by atoms with van der Waals surface area (Å²) in [6, 6.07) is 7.88. The summed E-state index contributed by atoms with van der Waals surface area (Å²) in [4.78, 5) is 5.06. The van der Waals surface area contributed by atoms with Crippen LogP contribution in [0, 0.1) is 0 Å². The van der Waals surface area contributed by atoms with Crippen LogP contribution in [0.25, 0.3) is 0 Å². The van der Waals surface area contributed by atoms with Gasteiger partial charge in [0.25, 0.3) is 0 Å². The van der Waals surface area contributed by atoms with Crippen molar-refractivity contribution in [1.82, 2.24) is 4.98 Å².